The lowest BCUT2D eigenvalue weighted by Crippen LogP contribution is -1.99. The minimum atomic E-state index is 0.774. The Hall–Kier alpha value is -1.70. The molecule has 0 unspecified atom stereocenters. The number of aliphatic imine (C=N–C) groups is 1. The van der Waals surface area contributed by atoms with Gasteiger partial charge in [-0.25, -0.2) is 4.99 Å². The molecule has 1 aliphatic rings. The van der Waals surface area contributed by atoms with Gasteiger partial charge in [-0.3, -0.25) is 0 Å². The van der Waals surface area contributed by atoms with Crippen molar-refractivity contribution in [2.45, 2.75) is 25.7 Å². The molecule has 0 fully saturated rings. The maximum absolute atomic E-state index is 9.42. The molecule has 0 saturated heterocycles. The van der Waals surface area contributed by atoms with E-state index in [4.69, 9.17) is 0 Å². The number of fused-ring (bicyclic) bond motifs is 1. The van der Waals surface area contributed by atoms with Gasteiger partial charge in [0.1, 0.15) is 11.1 Å². The average molecular weight is 371 g/mol. The van der Waals surface area contributed by atoms with Crippen LogP contribution in [0.15, 0.2) is 39.8 Å². The van der Waals surface area contributed by atoms with Gasteiger partial charge in [0.25, 0.3) is 0 Å². The first-order valence-corrected chi connectivity index (χ1v) is 8.90. The van der Waals surface area contributed by atoms with Crippen LogP contribution in [0.1, 0.15) is 34.4 Å². The zero-order chi connectivity index (χ0) is 15.4. The Kier molecular flexibility index (Phi) is 4.87. The van der Waals surface area contributed by atoms with Gasteiger partial charge in [0.2, 0.25) is 0 Å². The number of halogens is 1. The van der Waals surface area contributed by atoms with Crippen LogP contribution in [-0.2, 0) is 12.8 Å². The molecule has 0 aliphatic heterocycles. The van der Waals surface area contributed by atoms with Crippen molar-refractivity contribution >= 4 is 44.6 Å². The summed E-state index contributed by atoms with van der Waals surface area (Å²) in [6.07, 6.45) is 8.31. The topological polar surface area (TPSA) is 36.1 Å². The fourth-order valence-electron chi connectivity index (χ4n) is 2.62. The Bertz CT molecular complexity index is 766. The lowest BCUT2D eigenvalue weighted by Gasteiger charge is -2.09. The second-order valence-corrected chi connectivity index (χ2v) is 7.20. The summed E-state index contributed by atoms with van der Waals surface area (Å²) < 4.78 is 0.897. The van der Waals surface area contributed by atoms with Crippen LogP contribution in [0.25, 0.3) is 6.08 Å². The fraction of sp³-hybridized carbons (Fsp3) is 0.222. The van der Waals surface area contributed by atoms with Gasteiger partial charge in [0, 0.05) is 15.6 Å². The van der Waals surface area contributed by atoms with E-state index in [-0.39, 0.29) is 0 Å². The molecule has 2 nitrogen and oxygen atoms in total. The SMILES string of the molecule is N#Cc1c(/N=C/C(Br)=C\c2ccccc2)sc2c1CCCC2. The molecule has 1 aromatic carbocycles. The molecule has 1 heterocycles. The highest BCUT2D eigenvalue weighted by atomic mass is 79.9. The van der Waals surface area contributed by atoms with Crippen LogP contribution < -0.4 is 0 Å². The van der Waals surface area contributed by atoms with E-state index >= 15 is 0 Å². The van der Waals surface area contributed by atoms with Gasteiger partial charge in [0.15, 0.2) is 0 Å². The van der Waals surface area contributed by atoms with E-state index in [1.807, 2.05) is 36.4 Å². The second kappa shape index (κ2) is 7.04. The Balaban J connectivity index is 1.85. The molecule has 0 radical (unpaired) electrons. The Morgan fingerprint density at radius 2 is 2.00 bits per heavy atom. The number of aryl methyl sites for hydroxylation is 1. The van der Waals surface area contributed by atoms with Crippen molar-refractivity contribution in [3.63, 3.8) is 0 Å². The van der Waals surface area contributed by atoms with E-state index in [9.17, 15) is 5.26 Å². The zero-order valence-corrected chi connectivity index (χ0v) is 14.5. The van der Waals surface area contributed by atoms with Gasteiger partial charge in [-0.2, -0.15) is 5.26 Å². The number of nitriles is 1. The molecule has 3 rings (SSSR count). The summed E-state index contributed by atoms with van der Waals surface area (Å²) in [7, 11) is 0. The molecule has 0 spiro atoms. The minimum Gasteiger partial charge on any atom is -0.243 e. The van der Waals surface area contributed by atoms with Gasteiger partial charge in [0.05, 0.1) is 5.56 Å². The Morgan fingerprint density at radius 3 is 2.77 bits per heavy atom. The summed E-state index contributed by atoms with van der Waals surface area (Å²) in [6.45, 7) is 0. The predicted octanol–water partition coefficient (Wildman–Crippen LogP) is 5.64. The van der Waals surface area contributed by atoms with Crippen LogP contribution in [-0.4, -0.2) is 6.21 Å². The normalized spacial score (nSPS) is 14.8. The number of thiophene rings is 1. The summed E-state index contributed by atoms with van der Waals surface area (Å²) in [5.41, 5.74) is 3.12. The standard InChI is InChI=1S/C18H15BrN2S/c19-14(10-13-6-2-1-3-7-13)12-21-18-16(11-20)15-8-4-5-9-17(15)22-18/h1-3,6-7,10,12H,4-5,8-9H2/b14-10+,21-12+. The molecule has 0 saturated carbocycles. The van der Waals surface area contributed by atoms with Crippen LogP contribution in [0.5, 0.6) is 0 Å². The number of nitrogens with zero attached hydrogens (tertiary/aromatic N) is 2. The molecule has 0 atom stereocenters. The number of benzene rings is 1. The number of allylic oxidation sites excluding steroid dienone is 1. The van der Waals surface area contributed by atoms with E-state index in [2.05, 4.69) is 27.0 Å². The largest absolute Gasteiger partial charge is 0.243 e. The van der Waals surface area contributed by atoms with Gasteiger partial charge < -0.3 is 0 Å². The molecule has 0 amide bonds. The van der Waals surface area contributed by atoms with Gasteiger partial charge >= 0.3 is 0 Å². The summed E-state index contributed by atoms with van der Waals surface area (Å²) >= 11 is 5.19. The maximum Gasteiger partial charge on any atom is 0.134 e. The average Bonchev–Trinajstić information content (AvgIpc) is 2.91. The molecule has 110 valence electrons. The van der Waals surface area contributed by atoms with Gasteiger partial charge in [-0.1, -0.05) is 30.3 Å². The maximum atomic E-state index is 9.42. The van der Waals surface area contributed by atoms with E-state index in [0.717, 1.165) is 33.5 Å². The van der Waals surface area contributed by atoms with Crippen molar-refractivity contribution in [1.82, 2.24) is 0 Å². The summed E-state index contributed by atoms with van der Waals surface area (Å²) in [5.74, 6) is 0. The molecule has 22 heavy (non-hydrogen) atoms. The van der Waals surface area contributed by atoms with E-state index < -0.39 is 0 Å². The smallest absolute Gasteiger partial charge is 0.134 e. The van der Waals surface area contributed by atoms with E-state index in [1.54, 1.807) is 17.6 Å². The van der Waals surface area contributed by atoms with Crippen molar-refractivity contribution in [2.24, 2.45) is 4.99 Å². The quantitative estimate of drug-likeness (QED) is 0.644. The van der Waals surface area contributed by atoms with Crippen LogP contribution in [0.4, 0.5) is 5.00 Å². The summed E-state index contributed by atoms with van der Waals surface area (Å²) in [5, 5.41) is 10.3. The van der Waals surface area contributed by atoms with E-state index in [1.165, 1.54) is 23.3 Å². The van der Waals surface area contributed by atoms with Crippen LogP contribution in [0.3, 0.4) is 0 Å². The van der Waals surface area contributed by atoms with Crippen molar-refractivity contribution in [2.75, 3.05) is 0 Å². The molecular formula is C18H15BrN2S. The third-order valence-corrected chi connectivity index (χ3v) is 5.31. The molecule has 2 aromatic rings. The van der Waals surface area contributed by atoms with E-state index in [0.29, 0.717) is 0 Å². The van der Waals surface area contributed by atoms with Crippen molar-refractivity contribution in [3.8, 4) is 6.07 Å². The van der Waals surface area contributed by atoms with Crippen molar-refractivity contribution < 1.29 is 0 Å². The lowest BCUT2D eigenvalue weighted by atomic mass is 9.96. The minimum absolute atomic E-state index is 0.774. The molecule has 1 aliphatic carbocycles. The van der Waals surface area contributed by atoms with Gasteiger partial charge in [-0.15, -0.1) is 11.3 Å². The number of rotatable bonds is 3. The third kappa shape index (κ3) is 3.37. The highest BCUT2D eigenvalue weighted by Crippen LogP contribution is 2.39. The highest BCUT2D eigenvalue weighted by Gasteiger charge is 2.19. The van der Waals surface area contributed by atoms with Crippen LogP contribution in [0.2, 0.25) is 0 Å². The summed E-state index contributed by atoms with van der Waals surface area (Å²) in [6, 6.07) is 12.4. The first-order chi connectivity index (χ1) is 10.8. The monoisotopic (exact) mass is 370 g/mol. The molecular weight excluding hydrogens is 356 g/mol. The van der Waals surface area contributed by atoms with Crippen molar-refractivity contribution in [3.05, 3.63) is 56.4 Å². The zero-order valence-electron chi connectivity index (χ0n) is 12.1. The summed E-state index contributed by atoms with van der Waals surface area (Å²) in [4.78, 5) is 5.88. The number of hydrogen-bond donors (Lipinski definition) is 0. The Morgan fingerprint density at radius 1 is 1.23 bits per heavy atom. The highest BCUT2D eigenvalue weighted by molar-refractivity contribution is 9.12. The molecule has 0 N–H and O–H groups in total. The fourth-order valence-corrected chi connectivity index (χ4v) is 4.17. The first-order valence-electron chi connectivity index (χ1n) is 7.29. The molecule has 1 aromatic heterocycles. The molecule has 4 heteroatoms. The van der Waals surface area contributed by atoms with Crippen LogP contribution >= 0.6 is 27.3 Å². The van der Waals surface area contributed by atoms with Crippen molar-refractivity contribution in [1.29, 1.82) is 5.26 Å². The number of hydrogen-bond acceptors (Lipinski definition) is 3. The predicted molar refractivity (Wildman–Crippen MR) is 97.2 cm³/mol. The van der Waals surface area contributed by atoms with Crippen LogP contribution in [0, 0.1) is 11.3 Å². The Labute approximate surface area is 143 Å². The lowest BCUT2D eigenvalue weighted by molar-refractivity contribution is 0.696. The van der Waals surface area contributed by atoms with Gasteiger partial charge in [-0.05, 0) is 58.8 Å². The third-order valence-electron chi connectivity index (χ3n) is 3.67. The second-order valence-electron chi connectivity index (χ2n) is 5.20. The molecule has 0 bridgehead atoms. The first kappa shape index (κ1) is 15.2.